The second kappa shape index (κ2) is 6.40. The summed E-state index contributed by atoms with van der Waals surface area (Å²) in [5.41, 5.74) is 0.291. The summed E-state index contributed by atoms with van der Waals surface area (Å²) in [6.45, 7) is 2.97. The van der Waals surface area contributed by atoms with Gasteiger partial charge in [0.2, 0.25) is 0 Å². The van der Waals surface area contributed by atoms with Crippen LogP contribution in [0.4, 0.5) is 0 Å². The first-order chi connectivity index (χ1) is 8.75. The lowest BCUT2D eigenvalue weighted by Crippen LogP contribution is -2.10. The third-order valence-electron chi connectivity index (χ3n) is 3.29. The van der Waals surface area contributed by atoms with Crippen molar-refractivity contribution in [3.63, 3.8) is 0 Å². The summed E-state index contributed by atoms with van der Waals surface area (Å²) in [6.07, 6.45) is 3.51. The molecule has 1 atom stereocenters. The molecule has 2 rings (SSSR count). The number of hydrogen-bond donors (Lipinski definition) is 2. The van der Waals surface area contributed by atoms with Crippen LogP contribution in [0, 0.1) is 5.92 Å². The van der Waals surface area contributed by atoms with Crippen LogP contribution in [0.25, 0.3) is 0 Å². The zero-order valence-electron chi connectivity index (χ0n) is 10.4. The molecule has 2 N–H and O–H groups in total. The highest BCUT2D eigenvalue weighted by Crippen LogP contribution is 2.16. The van der Waals surface area contributed by atoms with Crippen molar-refractivity contribution in [2.45, 2.75) is 19.3 Å². The van der Waals surface area contributed by atoms with Gasteiger partial charge in [0.15, 0.2) is 0 Å². The zero-order valence-corrected chi connectivity index (χ0v) is 10.4. The van der Waals surface area contributed by atoms with Crippen LogP contribution >= 0.6 is 0 Å². The summed E-state index contributed by atoms with van der Waals surface area (Å²) < 4.78 is 5.59. The summed E-state index contributed by atoms with van der Waals surface area (Å²) in [5.74, 6) is 0.628. The van der Waals surface area contributed by atoms with Gasteiger partial charge in [-0.25, -0.2) is 4.79 Å². The normalized spacial score (nSPS) is 18.8. The van der Waals surface area contributed by atoms with Crippen LogP contribution in [0.1, 0.15) is 29.6 Å². The first kappa shape index (κ1) is 12.9. The van der Waals surface area contributed by atoms with Crippen LogP contribution in [-0.4, -0.2) is 30.8 Å². The van der Waals surface area contributed by atoms with E-state index in [4.69, 9.17) is 9.84 Å². The van der Waals surface area contributed by atoms with Crippen molar-refractivity contribution in [1.29, 1.82) is 0 Å². The lowest BCUT2D eigenvalue weighted by molar-refractivity contribution is 0.0697. The number of hydrogen-bond acceptors (Lipinski definition) is 3. The quantitative estimate of drug-likeness (QED) is 0.758. The van der Waals surface area contributed by atoms with Gasteiger partial charge in [0, 0.05) is 0 Å². The van der Waals surface area contributed by atoms with E-state index >= 15 is 0 Å². The topological polar surface area (TPSA) is 58.6 Å². The smallest absolute Gasteiger partial charge is 0.335 e. The Bertz CT molecular complexity index is 383. The summed E-state index contributed by atoms with van der Waals surface area (Å²) >= 11 is 0. The Kier molecular flexibility index (Phi) is 4.59. The number of nitrogens with one attached hydrogen (secondary N) is 1. The largest absolute Gasteiger partial charge is 0.494 e. The van der Waals surface area contributed by atoms with E-state index in [1.54, 1.807) is 24.3 Å². The number of carboxylic acids is 1. The Labute approximate surface area is 107 Å². The number of carboxylic acid groups (broad SMARTS) is 1. The van der Waals surface area contributed by atoms with E-state index in [1.807, 2.05) is 0 Å². The maximum Gasteiger partial charge on any atom is 0.335 e. The summed E-state index contributed by atoms with van der Waals surface area (Å²) in [5, 5.41) is 12.1. The molecule has 0 radical (unpaired) electrons. The van der Waals surface area contributed by atoms with E-state index in [2.05, 4.69) is 5.32 Å². The maximum atomic E-state index is 10.7. The maximum absolute atomic E-state index is 10.7. The van der Waals surface area contributed by atoms with E-state index in [0.717, 1.165) is 31.2 Å². The van der Waals surface area contributed by atoms with Gasteiger partial charge in [-0.2, -0.15) is 0 Å². The van der Waals surface area contributed by atoms with Crippen LogP contribution in [0.5, 0.6) is 5.75 Å². The lowest BCUT2D eigenvalue weighted by Gasteiger charge is -2.09. The summed E-state index contributed by atoms with van der Waals surface area (Å²) in [4.78, 5) is 10.7. The number of aromatic carboxylic acids is 1. The average molecular weight is 249 g/mol. The van der Waals surface area contributed by atoms with Crippen molar-refractivity contribution in [3.8, 4) is 5.75 Å². The highest BCUT2D eigenvalue weighted by Gasteiger charge is 2.13. The molecule has 98 valence electrons. The SMILES string of the molecule is O=C(O)c1ccc(OCCCC2CCNC2)cc1. The van der Waals surface area contributed by atoms with Gasteiger partial charge >= 0.3 is 5.97 Å². The van der Waals surface area contributed by atoms with E-state index in [0.29, 0.717) is 12.2 Å². The molecular weight excluding hydrogens is 230 g/mol. The Morgan fingerprint density at radius 3 is 2.78 bits per heavy atom. The molecule has 1 aliphatic rings. The molecule has 18 heavy (non-hydrogen) atoms. The molecule has 0 bridgehead atoms. The summed E-state index contributed by atoms with van der Waals surface area (Å²) in [7, 11) is 0. The predicted molar refractivity (Wildman–Crippen MR) is 69.1 cm³/mol. The molecule has 1 aliphatic heterocycles. The lowest BCUT2D eigenvalue weighted by atomic mass is 10.0. The third-order valence-corrected chi connectivity index (χ3v) is 3.29. The fourth-order valence-corrected chi connectivity index (χ4v) is 2.22. The number of benzene rings is 1. The molecule has 1 aromatic carbocycles. The molecule has 0 saturated carbocycles. The Hall–Kier alpha value is -1.55. The molecule has 0 aromatic heterocycles. The average Bonchev–Trinajstić information content (AvgIpc) is 2.88. The number of carbonyl (C=O) groups is 1. The highest BCUT2D eigenvalue weighted by atomic mass is 16.5. The first-order valence-electron chi connectivity index (χ1n) is 6.42. The molecule has 0 aliphatic carbocycles. The zero-order chi connectivity index (χ0) is 12.8. The van der Waals surface area contributed by atoms with Crippen LogP contribution in [-0.2, 0) is 0 Å². The Balaban J connectivity index is 1.68. The highest BCUT2D eigenvalue weighted by molar-refractivity contribution is 5.87. The Morgan fingerprint density at radius 1 is 1.39 bits per heavy atom. The minimum absolute atomic E-state index is 0.291. The summed E-state index contributed by atoms with van der Waals surface area (Å²) in [6, 6.07) is 6.55. The van der Waals surface area contributed by atoms with Crippen molar-refractivity contribution in [1.82, 2.24) is 5.32 Å². The molecule has 4 nitrogen and oxygen atoms in total. The van der Waals surface area contributed by atoms with Crippen molar-refractivity contribution in [2.75, 3.05) is 19.7 Å². The second-order valence-corrected chi connectivity index (χ2v) is 4.68. The van der Waals surface area contributed by atoms with E-state index in [1.165, 1.54) is 12.8 Å². The van der Waals surface area contributed by atoms with Gasteiger partial charge < -0.3 is 15.2 Å². The van der Waals surface area contributed by atoms with Crippen LogP contribution in [0.3, 0.4) is 0 Å². The molecule has 4 heteroatoms. The van der Waals surface area contributed by atoms with E-state index in [-0.39, 0.29) is 0 Å². The van der Waals surface area contributed by atoms with Gasteiger partial charge in [-0.1, -0.05) is 0 Å². The van der Waals surface area contributed by atoms with Crippen molar-refractivity contribution in [3.05, 3.63) is 29.8 Å². The van der Waals surface area contributed by atoms with Gasteiger partial charge in [-0.3, -0.25) is 0 Å². The molecule has 0 spiro atoms. The molecule has 1 unspecified atom stereocenters. The molecule has 1 aromatic rings. The monoisotopic (exact) mass is 249 g/mol. The molecule has 0 amide bonds. The van der Waals surface area contributed by atoms with Crippen LogP contribution in [0.15, 0.2) is 24.3 Å². The molecular formula is C14H19NO3. The minimum atomic E-state index is -0.907. The van der Waals surface area contributed by atoms with Gasteiger partial charge in [0.25, 0.3) is 0 Å². The van der Waals surface area contributed by atoms with Gasteiger partial charge in [-0.05, 0) is 62.5 Å². The second-order valence-electron chi connectivity index (χ2n) is 4.68. The fraction of sp³-hybridized carbons (Fsp3) is 0.500. The van der Waals surface area contributed by atoms with Gasteiger partial charge in [0.05, 0.1) is 12.2 Å². The number of ether oxygens (including phenoxy) is 1. The standard InChI is InChI=1S/C14H19NO3/c16-14(17)12-3-5-13(6-4-12)18-9-1-2-11-7-8-15-10-11/h3-6,11,15H,1-2,7-10H2,(H,16,17). The number of rotatable bonds is 6. The minimum Gasteiger partial charge on any atom is -0.494 e. The van der Waals surface area contributed by atoms with Gasteiger partial charge in [-0.15, -0.1) is 0 Å². The third kappa shape index (κ3) is 3.74. The van der Waals surface area contributed by atoms with E-state index < -0.39 is 5.97 Å². The van der Waals surface area contributed by atoms with Gasteiger partial charge in [0.1, 0.15) is 5.75 Å². The first-order valence-corrected chi connectivity index (χ1v) is 6.42. The molecule has 1 heterocycles. The van der Waals surface area contributed by atoms with Crippen molar-refractivity contribution < 1.29 is 14.6 Å². The fourth-order valence-electron chi connectivity index (χ4n) is 2.22. The predicted octanol–water partition coefficient (Wildman–Crippen LogP) is 2.15. The van der Waals surface area contributed by atoms with E-state index in [9.17, 15) is 4.79 Å². The molecule has 1 fully saturated rings. The van der Waals surface area contributed by atoms with Crippen LogP contribution in [0.2, 0.25) is 0 Å². The molecule has 1 saturated heterocycles. The van der Waals surface area contributed by atoms with Crippen LogP contribution < -0.4 is 10.1 Å². The Morgan fingerprint density at radius 2 is 2.17 bits per heavy atom. The van der Waals surface area contributed by atoms with Crippen molar-refractivity contribution >= 4 is 5.97 Å². The van der Waals surface area contributed by atoms with Crippen molar-refractivity contribution in [2.24, 2.45) is 5.92 Å².